The fraction of sp³-hybridized carbons (Fsp3) is 0.438. The van der Waals surface area contributed by atoms with E-state index in [0.29, 0.717) is 6.61 Å². The first-order valence-electron chi connectivity index (χ1n) is 7.23. The van der Waals surface area contributed by atoms with Gasteiger partial charge in [0.2, 0.25) is 0 Å². The van der Waals surface area contributed by atoms with Gasteiger partial charge < -0.3 is 14.8 Å². The largest absolute Gasteiger partial charge is 0.493 e. The van der Waals surface area contributed by atoms with Crippen molar-refractivity contribution < 1.29 is 9.47 Å². The fourth-order valence-electron chi connectivity index (χ4n) is 2.86. The number of hydrogen-bond acceptors (Lipinski definition) is 4. The van der Waals surface area contributed by atoms with Gasteiger partial charge in [-0.25, -0.2) is 0 Å². The molecule has 0 bridgehead atoms. The summed E-state index contributed by atoms with van der Waals surface area (Å²) in [6.45, 7) is 4.39. The molecular formula is C16H21N3O2. The number of nitrogens with one attached hydrogen (secondary N) is 1. The molecule has 5 heteroatoms. The molecule has 0 saturated heterocycles. The second-order valence-corrected chi connectivity index (χ2v) is 5.23. The molecule has 2 aromatic rings. The number of nitrogens with zero attached hydrogens (tertiary/aromatic N) is 2. The molecule has 1 aliphatic rings. The third kappa shape index (κ3) is 2.54. The minimum absolute atomic E-state index is 0.0587. The van der Waals surface area contributed by atoms with Gasteiger partial charge in [0.25, 0.3) is 0 Å². The van der Waals surface area contributed by atoms with E-state index < -0.39 is 0 Å². The first-order valence-corrected chi connectivity index (χ1v) is 7.23. The first-order chi connectivity index (χ1) is 10.2. The van der Waals surface area contributed by atoms with E-state index in [1.807, 2.05) is 11.7 Å². The summed E-state index contributed by atoms with van der Waals surface area (Å²) in [4.78, 5) is 0. The molecule has 1 atom stereocenters. The van der Waals surface area contributed by atoms with Crippen molar-refractivity contribution in [1.82, 2.24) is 15.1 Å². The summed E-state index contributed by atoms with van der Waals surface area (Å²) in [6.07, 6.45) is 1.76. The Morgan fingerprint density at radius 1 is 1.38 bits per heavy atom. The summed E-state index contributed by atoms with van der Waals surface area (Å²) >= 11 is 0. The molecule has 1 unspecified atom stereocenters. The predicted octanol–water partition coefficient (Wildman–Crippen LogP) is 2.16. The lowest BCUT2D eigenvalue weighted by Crippen LogP contribution is -2.25. The van der Waals surface area contributed by atoms with Crippen LogP contribution in [0, 0.1) is 0 Å². The van der Waals surface area contributed by atoms with Crippen molar-refractivity contribution in [3.05, 3.63) is 46.8 Å². The summed E-state index contributed by atoms with van der Waals surface area (Å²) in [5, 5.41) is 7.84. The summed E-state index contributed by atoms with van der Waals surface area (Å²) in [5.41, 5.74) is 4.81. The summed E-state index contributed by atoms with van der Waals surface area (Å²) < 4.78 is 12.8. The van der Waals surface area contributed by atoms with Crippen LogP contribution in [0.2, 0.25) is 0 Å². The highest BCUT2D eigenvalue weighted by Gasteiger charge is 2.23. The van der Waals surface area contributed by atoms with E-state index in [0.717, 1.165) is 24.6 Å². The van der Waals surface area contributed by atoms with E-state index in [9.17, 15) is 0 Å². The van der Waals surface area contributed by atoms with Crippen LogP contribution in [0.15, 0.2) is 24.4 Å². The molecule has 21 heavy (non-hydrogen) atoms. The van der Waals surface area contributed by atoms with Gasteiger partial charge >= 0.3 is 0 Å². The molecule has 5 nitrogen and oxygen atoms in total. The van der Waals surface area contributed by atoms with E-state index in [1.54, 1.807) is 13.3 Å². The fourth-order valence-corrected chi connectivity index (χ4v) is 2.86. The molecule has 1 aromatic heterocycles. The van der Waals surface area contributed by atoms with Crippen molar-refractivity contribution >= 4 is 0 Å². The number of methoxy groups -OCH3 is 1. The zero-order chi connectivity index (χ0) is 14.8. The molecule has 0 aliphatic carbocycles. The molecule has 0 saturated carbocycles. The molecule has 1 aromatic carbocycles. The Kier molecular flexibility index (Phi) is 3.94. The Balaban J connectivity index is 2.03. The Labute approximate surface area is 124 Å². The zero-order valence-corrected chi connectivity index (χ0v) is 12.7. The van der Waals surface area contributed by atoms with Crippen LogP contribution >= 0.6 is 0 Å². The van der Waals surface area contributed by atoms with Crippen LogP contribution in [0.3, 0.4) is 0 Å². The number of hydrogen-bond donors (Lipinski definition) is 1. The van der Waals surface area contributed by atoms with Crippen LogP contribution in [0.1, 0.15) is 35.3 Å². The molecule has 0 amide bonds. The maximum absolute atomic E-state index is 5.51. The van der Waals surface area contributed by atoms with Crippen molar-refractivity contribution in [2.45, 2.75) is 26.2 Å². The van der Waals surface area contributed by atoms with E-state index >= 15 is 0 Å². The molecule has 2 heterocycles. The first kappa shape index (κ1) is 14.1. The van der Waals surface area contributed by atoms with Gasteiger partial charge in [-0.1, -0.05) is 25.1 Å². The van der Waals surface area contributed by atoms with Gasteiger partial charge in [0.1, 0.15) is 5.69 Å². The quantitative estimate of drug-likeness (QED) is 0.915. The number of fused-ring (bicyclic) bond motifs is 1. The summed E-state index contributed by atoms with van der Waals surface area (Å²) in [6, 6.07) is 6.60. The number of benzene rings is 1. The van der Waals surface area contributed by atoms with Crippen LogP contribution < -0.4 is 10.1 Å². The predicted molar refractivity (Wildman–Crippen MR) is 80.2 cm³/mol. The minimum atomic E-state index is 0.0587. The normalized spacial score (nSPS) is 15.0. The summed E-state index contributed by atoms with van der Waals surface area (Å²) in [7, 11) is 3.62. The van der Waals surface area contributed by atoms with E-state index in [-0.39, 0.29) is 6.04 Å². The minimum Gasteiger partial charge on any atom is -0.493 e. The lowest BCUT2D eigenvalue weighted by Gasteiger charge is -2.20. The van der Waals surface area contributed by atoms with Gasteiger partial charge in [-0.05, 0) is 23.2 Å². The van der Waals surface area contributed by atoms with Crippen molar-refractivity contribution in [2.75, 3.05) is 13.7 Å². The molecule has 3 rings (SSSR count). The van der Waals surface area contributed by atoms with Crippen LogP contribution in [0.4, 0.5) is 0 Å². The third-order valence-corrected chi connectivity index (χ3v) is 3.93. The second kappa shape index (κ2) is 5.87. The Bertz CT molecular complexity index is 636. The average Bonchev–Trinajstić information content (AvgIpc) is 3.10. The van der Waals surface area contributed by atoms with Crippen molar-refractivity contribution in [3.63, 3.8) is 0 Å². The summed E-state index contributed by atoms with van der Waals surface area (Å²) in [5.74, 6) is 0.806. The van der Waals surface area contributed by atoms with Crippen molar-refractivity contribution in [2.24, 2.45) is 7.05 Å². The highest BCUT2D eigenvalue weighted by molar-refractivity contribution is 5.41. The smallest absolute Gasteiger partial charge is 0.161 e. The Hall–Kier alpha value is -1.85. The van der Waals surface area contributed by atoms with Crippen LogP contribution in [-0.4, -0.2) is 23.4 Å². The van der Waals surface area contributed by atoms with Gasteiger partial charge in [0.15, 0.2) is 5.75 Å². The van der Waals surface area contributed by atoms with Gasteiger partial charge in [-0.3, -0.25) is 4.68 Å². The maximum atomic E-state index is 5.51. The molecule has 1 N–H and O–H groups in total. The van der Waals surface area contributed by atoms with E-state index in [2.05, 4.69) is 35.5 Å². The van der Waals surface area contributed by atoms with E-state index in [1.165, 1.54) is 16.7 Å². The van der Waals surface area contributed by atoms with Gasteiger partial charge in [-0.2, -0.15) is 5.10 Å². The molecule has 112 valence electrons. The van der Waals surface area contributed by atoms with Crippen LogP contribution in [0.25, 0.3) is 0 Å². The molecule has 1 aliphatic heterocycles. The lowest BCUT2D eigenvalue weighted by atomic mass is 9.98. The van der Waals surface area contributed by atoms with Crippen LogP contribution in [-0.2, 0) is 25.0 Å². The maximum Gasteiger partial charge on any atom is 0.161 e. The Morgan fingerprint density at radius 3 is 2.95 bits per heavy atom. The second-order valence-electron chi connectivity index (χ2n) is 5.23. The standard InChI is InChI=1S/C16H21N3O2/c1-4-17-15(16-14(20-3)8-18-19(16)2)11-5-6-12-9-21-10-13(12)7-11/h5-8,15,17H,4,9-10H2,1-3H3. The highest BCUT2D eigenvalue weighted by atomic mass is 16.5. The third-order valence-electron chi connectivity index (χ3n) is 3.93. The topological polar surface area (TPSA) is 48.3 Å². The van der Waals surface area contributed by atoms with Crippen molar-refractivity contribution in [3.8, 4) is 5.75 Å². The molecule has 0 fully saturated rings. The number of rotatable bonds is 5. The number of aromatic nitrogens is 2. The van der Waals surface area contributed by atoms with Gasteiger partial charge in [-0.15, -0.1) is 0 Å². The van der Waals surface area contributed by atoms with Crippen LogP contribution in [0.5, 0.6) is 5.75 Å². The Morgan fingerprint density at radius 2 is 2.19 bits per heavy atom. The van der Waals surface area contributed by atoms with E-state index in [4.69, 9.17) is 9.47 Å². The molecule has 0 radical (unpaired) electrons. The number of aryl methyl sites for hydroxylation is 1. The monoisotopic (exact) mass is 287 g/mol. The van der Waals surface area contributed by atoms with Gasteiger partial charge in [0.05, 0.1) is 32.6 Å². The van der Waals surface area contributed by atoms with Crippen molar-refractivity contribution in [1.29, 1.82) is 0 Å². The zero-order valence-electron chi connectivity index (χ0n) is 12.7. The lowest BCUT2D eigenvalue weighted by molar-refractivity contribution is 0.134. The SMILES string of the molecule is CCNC(c1ccc2c(c1)COC2)c1c(OC)cnn1C. The highest BCUT2D eigenvalue weighted by Crippen LogP contribution is 2.31. The average molecular weight is 287 g/mol. The molecule has 0 spiro atoms. The molecular weight excluding hydrogens is 266 g/mol. The number of ether oxygens (including phenoxy) is 2. The van der Waals surface area contributed by atoms with Gasteiger partial charge in [0, 0.05) is 7.05 Å².